The van der Waals surface area contributed by atoms with Crippen molar-refractivity contribution < 1.29 is 4.42 Å². The van der Waals surface area contributed by atoms with Crippen molar-refractivity contribution in [2.75, 3.05) is 0 Å². The standard InChI is InChI=1S/C4H5N.C4H4S.2C3H4N2.C3H3NO/c2*1-2-4-5-3-1;1-2-5-3-4-1;1-2-4-5-3-1;1-2-5-3-4-1/h1-5H;1-4H;2*1-3H,(H,4,5);1-3H. The fraction of sp³-hybridized carbons (Fsp3) is 0. The van der Waals surface area contributed by atoms with Gasteiger partial charge in [-0.2, -0.15) is 16.4 Å². The molecule has 0 atom stereocenters. The second-order valence-electron chi connectivity index (χ2n) is 3.88. The van der Waals surface area contributed by atoms with E-state index >= 15 is 0 Å². The molecular formula is C17H20N6OS. The third kappa shape index (κ3) is 15.3. The van der Waals surface area contributed by atoms with E-state index in [2.05, 4.69) is 34.6 Å². The Morgan fingerprint density at radius 1 is 0.720 bits per heavy atom. The molecule has 8 heteroatoms. The van der Waals surface area contributed by atoms with Gasteiger partial charge in [0, 0.05) is 37.2 Å². The molecule has 0 fully saturated rings. The van der Waals surface area contributed by atoms with Crippen molar-refractivity contribution in [3.05, 3.63) is 103 Å². The number of thiophene rings is 1. The molecule has 130 valence electrons. The predicted molar refractivity (Wildman–Crippen MR) is 98.8 cm³/mol. The zero-order chi connectivity index (χ0) is 17.7. The van der Waals surface area contributed by atoms with E-state index in [4.69, 9.17) is 0 Å². The van der Waals surface area contributed by atoms with Gasteiger partial charge in [0.05, 0.1) is 12.5 Å². The molecule has 0 bridgehead atoms. The van der Waals surface area contributed by atoms with Crippen molar-refractivity contribution >= 4 is 11.3 Å². The fourth-order valence-corrected chi connectivity index (χ4v) is 1.56. The van der Waals surface area contributed by atoms with Crippen LogP contribution in [0.1, 0.15) is 0 Å². The Labute approximate surface area is 149 Å². The highest BCUT2D eigenvalue weighted by atomic mass is 32.1. The topological polar surface area (TPSA) is 99.2 Å². The van der Waals surface area contributed by atoms with Crippen molar-refractivity contribution in [3.63, 3.8) is 0 Å². The van der Waals surface area contributed by atoms with E-state index in [0.29, 0.717) is 0 Å². The van der Waals surface area contributed by atoms with Gasteiger partial charge in [0.15, 0.2) is 6.39 Å². The number of nitrogens with zero attached hydrogens (tertiary/aromatic N) is 3. The smallest absolute Gasteiger partial charge is 0.180 e. The van der Waals surface area contributed by atoms with Gasteiger partial charge >= 0.3 is 0 Å². The van der Waals surface area contributed by atoms with Gasteiger partial charge in [-0.05, 0) is 29.0 Å². The number of aromatic amines is 3. The summed E-state index contributed by atoms with van der Waals surface area (Å²) in [4.78, 5) is 12.8. The number of imidazole rings is 1. The van der Waals surface area contributed by atoms with Gasteiger partial charge in [0.2, 0.25) is 0 Å². The minimum atomic E-state index is 1.38. The molecule has 0 spiro atoms. The van der Waals surface area contributed by atoms with E-state index < -0.39 is 0 Å². The van der Waals surface area contributed by atoms with Crippen LogP contribution in [-0.4, -0.2) is 30.1 Å². The summed E-state index contributed by atoms with van der Waals surface area (Å²) in [7, 11) is 0. The average Bonchev–Trinajstić information content (AvgIpc) is 3.55. The molecule has 5 heterocycles. The van der Waals surface area contributed by atoms with Crippen LogP contribution in [0.2, 0.25) is 0 Å². The summed E-state index contributed by atoms with van der Waals surface area (Å²) in [5.41, 5.74) is 0. The zero-order valence-electron chi connectivity index (χ0n) is 13.5. The molecule has 25 heavy (non-hydrogen) atoms. The van der Waals surface area contributed by atoms with Gasteiger partial charge in [-0.3, -0.25) is 5.10 Å². The van der Waals surface area contributed by atoms with Crippen LogP contribution in [0.3, 0.4) is 0 Å². The van der Waals surface area contributed by atoms with E-state index in [1.165, 1.54) is 12.7 Å². The number of aromatic nitrogens is 6. The normalized spacial score (nSPS) is 8.00. The molecule has 7 nitrogen and oxygen atoms in total. The van der Waals surface area contributed by atoms with Crippen molar-refractivity contribution in [1.82, 2.24) is 30.1 Å². The molecule has 0 amide bonds. The highest BCUT2D eigenvalue weighted by Gasteiger charge is 1.60. The molecule has 0 unspecified atom stereocenters. The molecular weight excluding hydrogens is 336 g/mol. The van der Waals surface area contributed by atoms with Gasteiger partial charge in [0.25, 0.3) is 0 Å². The van der Waals surface area contributed by atoms with Crippen molar-refractivity contribution in [2.24, 2.45) is 0 Å². The maximum Gasteiger partial charge on any atom is 0.180 e. The first-order valence-corrected chi connectivity index (χ1v) is 8.18. The van der Waals surface area contributed by atoms with Crippen LogP contribution in [-0.2, 0) is 0 Å². The Morgan fingerprint density at radius 2 is 1.56 bits per heavy atom. The lowest BCUT2D eigenvalue weighted by Crippen LogP contribution is -1.53. The van der Waals surface area contributed by atoms with Gasteiger partial charge in [-0.1, -0.05) is 12.1 Å². The average molecular weight is 356 g/mol. The summed E-state index contributed by atoms with van der Waals surface area (Å²) in [6.07, 6.45) is 16.8. The molecule has 0 aromatic carbocycles. The number of oxazole rings is 1. The number of hydrogen-bond acceptors (Lipinski definition) is 5. The first kappa shape index (κ1) is 19.7. The van der Waals surface area contributed by atoms with E-state index in [-0.39, 0.29) is 0 Å². The van der Waals surface area contributed by atoms with Crippen LogP contribution >= 0.6 is 11.3 Å². The second-order valence-corrected chi connectivity index (χ2v) is 4.70. The first-order valence-electron chi connectivity index (χ1n) is 7.23. The summed E-state index contributed by atoms with van der Waals surface area (Å²) in [6.45, 7) is 0. The van der Waals surface area contributed by atoms with Gasteiger partial charge in [-0.15, -0.1) is 0 Å². The lowest BCUT2D eigenvalue weighted by molar-refractivity contribution is 0.558. The number of nitrogens with one attached hydrogen (secondary N) is 3. The highest BCUT2D eigenvalue weighted by molar-refractivity contribution is 7.07. The minimum absolute atomic E-state index is 1.38. The van der Waals surface area contributed by atoms with Crippen LogP contribution in [0.15, 0.2) is 108 Å². The van der Waals surface area contributed by atoms with Gasteiger partial charge in [0.1, 0.15) is 6.26 Å². The summed E-state index contributed by atoms with van der Waals surface area (Å²) in [6, 6.07) is 9.76. The van der Waals surface area contributed by atoms with Crippen LogP contribution in [0.25, 0.3) is 0 Å². The molecule has 5 aromatic heterocycles. The molecule has 0 aliphatic carbocycles. The Hall–Kier alpha value is -3.39. The summed E-state index contributed by atoms with van der Waals surface area (Å²) < 4.78 is 4.47. The lowest BCUT2D eigenvalue weighted by atomic mass is 10.7. The van der Waals surface area contributed by atoms with Crippen molar-refractivity contribution in [2.45, 2.75) is 0 Å². The van der Waals surface area contributed by atoms with Crippen LogP contribution in [0, 0.1) is 0 Å². The van der Waals surface area contributed by atoms with E-state index in [1.54, 1.807) is 48.6 Å². The highest BCUT2D eigenvalue weighted by Crippen LogP contribution is 1.91. The second kappa shape index (κ2) is 17.0. The Morgan fingerprint density at radius 3 is 1.76 bits per heavy atom. The maximum atomic E-state index is 4.47. The first-order chi connectivity index (χ1) is 12.5. The Kier molecular flexibility index (Phi) is 13.3. The summed E-state index contributed by atoms with van der Waals surface area (Å²) in [5, 5.41) is 10.3. The van der Waals surface area contributed by atoms with Crippen molar-refractivity contribution in [3.8, 4) is 0 Å². The van der Waals surface area contributed by atoms with E-state index in [9.17, 15) is 0 Å². The fourth-order valence-electron chi connectivity index (χ4n) is 1.11. The third-order valence-corrected chi connectivity index (χ3v) is 2.71. The van der Waals surface area contributed by atoms with Crippen LogP contribution < -0.4 is 0 Å². The van der Waals surface area contributed by atoms with E-state index in [0.717, 1.165) is 0 Å². The molecule has 0 aliphatic rings. The maximum absolute atomic E-state index is 4.47. The van der Waals surface area contributed by atoms with Crippen LogP contribution in [0.4, 0.5) is 0 Å². The lowest BCUT2D eigenvalue weighted by Gasteiger charge is -1.49. The van der Waals surface area contributed by atoms with Gasteiger partial charge in [-0.25, -0.2) is 9.97 Å². The summed E-state index contributed by atoms with van der Waals surface area (Å²) in [5.74, 6) is 0. The number of H-pyrrole nitrogens is 3. The Bertz CT molecular complexity index is 466. The van der Waals surface area contributed by atoms with E-state index in [1.807, 2.05) is 53.5 Å². The summed E-state index contributed by atoms with van der Waals surface area (Å²) >= 11 is 1.71. The van der Waals surface area contributed by atoms with Crippen molar-refractivity contribution in [1.29, 1.82) is 0 Å². The molecule has 0 saturated carbocycles. The molecule has 0 aliphatic heterocycles. The quantitative estimate of drug-likeness (QED) is 0.386. The minimum Gasteiger partial charge on any atom is -0.452 e. The molecule has 5 rings (SSSR count). The SMILES string of the molecule is c1c[nH]cn1.c1cc[nH]c1.c1ccsc1.c1cn[nH]c1.c1cocn1. The molecule has 0 saturated heterocycles. The van der Waals surface area contributed by atoms with Gasteiger partial charge < -0.3 is 14.4 Å². The monoisotopic (exact) mass is 356 g/mol. The Balaban J connectivity index is 0.000000156. The zero-order valence-corrected chi connectivity index (χ0v) is 14.3. The molecule has 0 radical (unpaired) electrons. The predicted octanol–water partition coefficient (Wildman–Crippen LogP) is 4.26. The molecule has 5 aromatic rings. The third-order valence-electron chi connectivity index (χ3n) is 2.08. The number of hydrogen-bond donors (Lipinski definition) is 3. The largest absolute Gasteiger partial charge is 0.452 e. The van der Waals surface area contributed by atoms with Crippen LogP contribution in [0.5, 0.6) is 0 Å². The molecule has 3 N–H and O–H groups in total. The number of rotatable bonds is 0.